The monoisotopic (exact) mass is 384 g/mol. The summed E-state index contributed by atoms with van der Waals surface area (Å²) in [6, 6.07) is 14.5. The molecular formula is C22H28N2O4. The van der Waals surface area contributed by atoms with E-state index >= 15 is 0 Å². The van der Waals surface area contributed by atoms with Gasteiger partial charge in [0, 0.05) is 12.2 Å². The maximum absolute atomic E-state index is 12.6. The van der Waals surface area contributed by atoms with E-state index in [9.17, 15) is 9.59 Å². The maximum atomic E-state index is 12.6. The van der Waals surface area contributed by atoms with Crippen LogP contribution in [0.15, 0.2) is 48.5 Å². The second-order valence-electron chi connectivity index (χ2n) is 7.30. The van der Waals surface area contributed by atoms with Gasteiger partial charge in [-0.05, 0) is 69.7 Å². The van der Waals surface area contributed by atoms with Gasteiger partial charge < -0.3 is 20.1 Å². The van der Waals surface area contributed by atoms with E-state index < -0.39 is 5.41 Å². The van der Waals surface area contributed by atoms with Gasteiger partial charge in [-0.3, -0.25) is 9.59 Å². The van der Waals surface area contributed by atoms with Crippen molar-refractivity contribution < 1.29 is 19.1 Å². The summed E-state index contributed by atoms with van der Waals surface area (Å²) in [7, 11) is 1.60. The van der Waals surface area contributed by atoms with Crippen LogP contribution in [-0.4, -0.2) is 25.0 Å². The van der Waals surface area contributed by atoms with Gasteiger partial charge in [0.05, 0.1) is 13.2 Å². The van der Waals surface area contributed by atoms with Crippen LogP contribution in [0.2, 0.25) is 0 Å². The Balaban J connectivity index is 1.93. The Morgan fingerprint density at radius 3 is 2.04 bits per heavy atom. The van der Waals surface area contributed by atoms with Gasteiger partial charge >= 0.3 is 0 Å². The second kappa shape index (κ2) is 9.26. The number of rotatable bonds is 8. The zero-order chi connectivity index (χ0) is 20.7. The molecule has 0 spiro atoms. The Bertz CT molecular complexity index is 796. The molecule has 0 saturated carbocycles. The van der Waals surface area contributed by atoms with Crippen molar-refractivity contribution in [3.05, 3.63) is 54.1 Å². The molecule has 0 aliphatic rings. The molecule has 2 rings (SSSR count). The summed E-state index contributed by atoms with van der Waals surface area (Å²) in [5.41, 5.74) is 0.308. The minimum Gasteiger partial charge on any atom is -0.497 e. The highest BCUT2D eigenvalue weighted by Gasteiger charge is 2.35. The predicted molar refractivity (Wildman–Crippen MR) is 109 cm³/mol. The first-order valence-corrected chi connectivity index (χ1v) is 9.21. The van der Waals surface area contributed by atoms with Gasteiger partial charge in [0.1, 0.15) is 16.9 Å². The molecule has 2 N–H and O–H groups in total. The van der Waals surface area contributed by atoms with Gasteiger partial charge in [0.2, 0.25) is 11.8 Å². The fourth-order valence-corrected chi connectivity index (χ4v) is 2.43. The third kappa shape index (κ3) is 5.74. The number of anilines is 1. The molecular weight excluding hydrogens is 356 g/mol. The third-order valence-corrected chi connectivity index (χ3v) is 4.23. The summed E-state index contributed by atoms with van der Waals surface area (Å²) in [6.45, 7) is 7.43. The van der Waals surface area contributed by atoms with Crippen LogP contribution >= 0.6 is 0 Å². The van der Waals surface area contributed by atoms with Crippen molar-refractivity contribution in [2.75, 3.05) is 12.4 Å². The number of nitrogens with one attached hydrogen (secondary N) is 2. The molecule has 6 nitrogen and oxygen atoms in total. The predicted octanol–water partition coefficient (Wildman–Crippen LogP) is 3.76. The Kier molecular flexibility index (Phi) is 7.04. The lowest BCUT2D eigenvalue weighted by Crippen LogP contribution is -2.44. The molecule has 0 saturated heterocycles. The van der Waals surface area contributed by atoms with Crippen molar-refractivity contribution in [2.24, 2.45) is 5.41 Å². The zero-order valence-corrected chi connectivity index (χ0v) is 17.0. The van der Waals surface area contributed by atoms with Crippen molar-refractivity contribution in [3.63, 3.8) is 0 Å². The molecule has 0 aliphatic carbocycles. The van der Waals surface area contributed by atoms with Crippen LogP contribution in [0.5, 0.6) is 11.5 Å². The van der Waals surface area contributed by atoms with Crippen LogP contribution in [0.3, 0.4) is 0 Å². The molecule has 0 fully saturated rings. The summed E-state index contributed by atoms with van der Waals surface area (Å²) in [5.74, 6) is 0.752. The van der Waals surface area contributed by atoms with Gasteiger partial charge in [0.25, 0.3) is 0 Å². The minimum atomic E-state index is -1.22. The van der Waals surface area contributed by atoms with Crippen molar-refractivity contribution in [3.8, 4) is 11.5 Å². The van der Waals surface area contributed by atoms with Crippen molar-refractivity contribution >= 4 is 17.5 Å². The molecule has 2 amide bonds. The molecule has 150 valence electrons. The summed E-state index contributed by atoms with van der Waals surface area (Å²) < 4.78 is 10.7. The van der Waals surface area contributed by atoms with Crippen molar-refractivity contribution in [1.82, 2.24) is 5.32 Å². The smallest absolute Gasteiger partial charge is 0.239 e. The highest BCUT2D eigenvalue weighted by molar-refractivity contribution is 6.09. The summed E-state index contributed by atoms with van der Waals surface area (Å²) in [5, 5.41) is 5.60. The largest absolute Gasteiger partial charge is 0.497 e. The van der Waals surface area contributed by atoms with Crippen LogP contribution in [0.4, 0.5) is 5.69 Å². The Hall–Kier alpha value is -3.02. The SMILES string of the molecule is COc1ccc(CNC(=O)C(C)(C)C(=O)Nc2ccc(OC(C)C)cc2)cc1. The average Bonchev–Trinajstić information content (AvgIpc) is 2.67. The first-order chi connectivity index (χ1) is 13.2. The average molecular weight is 384 g/mol. The number of carbonyl (C=O) groups excluding carboxylic acids is 2. The molecule has 0 bridgehead atoms. The molecule has 0 unspecified atom stereocenters. The molecule has 0 heterocycles. The van der Waals surface area contributed by atoms with Gasteiger partial charge in [-0.1, -0.05) is 12.1 Å². The normalized spacial score (nSPS) is 11.1. The van der Waals surface area contributed by atoms with Crippen LogP contribution < -0.4 is 20.1 Å². The number of benzene rings is 2. The summed E-state index contributed by atoms with van der Waals surface area (Å²) in [4.78, 5) is 25.2. The summed E-state index contributed by atoms with van der Waals surface area (Å²) >= 11 is 0. The molecule has 28 heavy (non-hydrogen) atoms. The van der Waals surface area contributed by atoms with E-state index in [1.165, 1.54) is 0 Å². The van der Waals surface area contributed by atoms with E-state index in [0.29, 0.717) is 12.2 Å². The lowest BCUT2D eigenvalue weighted by molar-refractivity contribution is -0.138. The number of carbonyl (C=O) groups is 2. The maximum Gasteiger partial charge on any atom is 0.239 e. The minimum absolute atomic E-state index is 0.0776. The standard InChI is InChI=1S/C22H28N2O4/c1-15(2)28-19-12-8-17(9-13-19)24-21(26)22(3,4)20(25)23-14-16-6-10-18(27-5)11-7-16/h6-13,15H,14H2,1-5H3,(H,23,25)(H,24,26). The quantitative estimate of drug-likeness (QED) is 0.680. The first-order valence-electron chi connectivity index (χ1n) is 9.21. The van der Waals surface area contributed by atoms with E-state index in [2.05, 4.69) is 10.6 Å². The highest BCUT2D eigenvalue weighted by Crippen LogP contribution is 2.22. The number of amides is 2. The number of methoxy groups -OCH3 is 1. The first kappa shape index (κ1) is 21.3. The fourth-order valence-electron chi connectivity index (χ4n) is 2.43. The van der Waals surface area contributed by atoms with Gasteiger partial charge in [-0.2, -0.15) is 0 Å². The fraction of sp³-hybridized carbons (Fsp3) is 0.364. The lowest BCUT2D eigenvalue weighted by atomic mass is 9.90. The molecule has 0 aliphatic heterocycles. The Morgan fingerprint density at radius 2 is 1.50 bits per heavy atom. The van der Waals surface area contributed by atoms with Crippen molar-refractivity contribution in [2.45, 2.75) is 40.3 Å². The molecule has 2 aromatic rings. The number of hydrogen-bond acceptors (Lipinski definition) is 4. The Morgan fingerprint density at radius 1 is 0.929 bits per heavy atom. The van der Waals surface area contributed by atoms with E-state index in [-0.39, 0.29) is 17.9 Å². The van der Waals surface area contributed by atoms with Gasteiger partial charge in [0.15, 0.2) is 0 Å². The van der Waals surface area contributed by atoms with Crippen molar-refractivity contribution in [1.29, 1.82) is 0 Å². The van der Waals surface area contributed by atoms with Gasteiger partial charge in [-0.25, -0.2) is 0 Å². The number of ether oxygens (including phenoxy) is 2. The van der Waals surface area contributed by atoms with E-state index in [1.54, 1.807) is 45.2 Å². The van der Waals surface area contributed by atoms with Gasteiger partial charge in [-0.15, -0.1) is 0 Å². The summed E-state index contributed by atoms with van der Waals surface area (Å²) in [6.07, 6.45) is 0.0776. The van der Waals surface area contributed by atoms with E-state index in [0.717, 1.165) is 17.1 Å². The molecule has 2 aromatic carbocycles. The zero-order valence-electron chi connectivity index (χ0n) is 17.0. The van der Waals surface area contributed by atoms with Crippen LogP contribution in [0, 0.1) is 5.41 Å². The van der Waals surface area contributed by atoms with E-state index in [4.69, 9.17) is 9.47 Å². The number of hydrogen-bond donors (Lipinski definition) is 2. The van der Waals surface area contributed by atoms with E-state index in [1.807, 2.05) is 38.1 Å². The third-order valence-electron chi connectivity index (χ3n) is 4.23. The van der Waals surface area contributed by atoms with Crippen LogP contribution in [0.25, 0.3) is 0 Å². The molecule has 6 heteroatoms. The van der Waals surface area contributed by atoms with Crippen LogP contribution in [0.1, 0.15) is 33.3 Å². The Labute approximate surface area is 166 Å². The molecule has 0 radical (unpaired) electrons. The highest BCUT2D eigenvalue weighted by atomic mass is 16.5. The second-order valence-corrected chi connectivity index (χ2v) is 7.30. The molecule has 0 atom stereocenters. The molecule has 0 aromatic heterocycles. The topological polar surface area (TPSA) is 76.7 Å². The lowest BCUT2D eigenvalue weighted by Gasteiger charge is -2.23. The van der Waals surface area contributed by atoms with Crippen LogP contribution in [-0.2, 0) is 16.1 Å².